The highest BCUT2D eigenvalue weighted by molar-refractivity contribution is 6.30. The fourth-order valence-electron chi connectivity index (χ4n) is 2.08. The molecule has 0 radical (unpaired) electrons. The van der Waals surface area contributed by atoms with Crippen LogP contribution >= 0.6 is 11.6 Å². The molecule has 0 spiro atoms. The Kier molecular flexibility index (Phi) is 4.04. The van der Waals surface area contributed by atoms with E-state index in [1.807, 2.05) is 36.0 Å². The summed E-state index contributed by atoms with van der Waals surface area (Å²) in [5.41, 5.74) is 4.81. The molecule has 0 aliphatic carbocycles. The van der Waals surface area contributed by atoms with Crippen molar-refractivity contribution < 1.29 is 0 Å². The van der Waals surface area contributed by atoms with E-state index >= 15 is 0 Å². The molecule has 96 valence electrons. The van der Waals surface area contributed by atoms with Crippen LogP contribution in [0.5, 0.6) is 0 Å². The number of hydrogen-bond acceptors (Lipinski definition) is 2. The van der Waals surface area contributed by atoms with Gasteiger partial charge in [-0.3, -0.25) is 4.68 Å². The van der Waals surface area contributed by atoms with E-state index in [1.165, 1.54) is 16.8 Å². The van der Waals surface area contributed by atoms with Gasteiger partial charge in [0.15, 0.2) is 0 Å². The molecule has 3 nitrogen and oxygen atoms in total. The van der Waals surface area contributed by atoms with Gasteiger partial charge >= 0.3 is 0 Å². The molecular weight excluding hydrogens is 246 g/mol. The van der Waals surface area contributed by atoms with Crippen LogP contribution in [-0.2, 0) is 13.1 Å². The molecule has 2 aromatic rings. The summed E-state index contributed by atoms with van der Waals surface area (Å²) in [6.07, 6.45) is 0. The summed E-state index contributed by atoms with van der Waals surface area (Å²) in [4.78, 5) is 0. The molecule has 0 saturated carbocycles. The van der Waals surface area contributed by atoms with Gasteiger partial charge in [0.1, 0.15) is 0 Å². The zero-order valence-electron chi connectivity index (χ0n) is 11.0. The van der Waals surface area contributed by atoms with Gasteiger partial charge in [0.05, 0.1) is 12.2 Å². The van der Waals surface area contributed by atoms with Gasteiger partial charge in [0, 0.05) is 22.8 Å². The first-order valence-electron chi connectivity index (χ1n) is 6.03. The number of aryl methyl sites for hydroxylation is 1. The van der Waals surface area contributed by atoms with Crippen molar-refractivity contribution in [1.82, 2.24) is 15.1 Å². The van der Waals surface area contributed by atoms with Crippen LogP contribution in [0.1, 0.15) is 22.5 Å². The van der Waals surface area contributed by atoms with Gasteiger partial charge in [-0.1, -0.05) is 23.7 Å². The topological polar surface area (TPSA) is 29.9 Å². The Hall–Kier alpha value is -1.32. The number of nitrogens with zero attached hydrogens (tertiary/aromatic N) is 2. The Morgan fingerprint density at radius 3 is 2.50 bits per heavy atom. The van der Waals surface area contributed by atoms with Gasteiger partial charge in [-0.05, 0) is 38.6 Å². The van der Waals surface area contributed by atoms with E-state index in [4.69, 9.17) is 11.6 Å². The van der Waals surface area contributed by atoms with Crippen LogP contribution in [-0.4, -0.2) is 16.8 Å². The second-order valence-corrected chi connectivity index (χ2v) is 4.90. The lowest BCUT2D eigenvalue weighted by molar-refractivity contribution is 0.657. The summed E-state index contributed by atoms with van der Waals surface area (Å²) in [5, 5.41) is 8.54. The first kappa shape index (κ1) is 13.1. The van der Waals surface area contributed by atoms with E-state index in [0.29, 0.717) is 0 Å². The lowest BCUT2D eigenvalue weighted by Gasteiger charge is -2.06. The maximum Gasteiger partial charge on any atom is 0.0662 e. The molecule has 1 N–H and O–H groups in total. The molecule has 0 bridgehead atoms. The normalized spacial score (nSPS) is 10.9. The van der Waals surface area contributed by atoms with Crippen molar-refractivity contribution in [3.8, 4) is 0 Å². The second-order valence-electron chi connectivity index (χ2n) is 4.46. The third kappa shape index (κ3) is 2.74. The van der Waals surface area contributed by atoms with Crippen LogP contribution in [0.2, 0.25) is 5.02 Å². The van der Waals surface area contributed by atoms with Crippen molar-refractivity contribution in [2.24, 2.45) is 0 Å². The minimum atomic E-state index is 0.767. The second kappa shape index (κ2) is 5.55. The van der Waals surface area contributed by atoms with Crippen LogP contribution in [0.25, 0.3) is 0 Å². The predicted octanol–water partition coefficient (Wildman–Crippen LogP) is 2.92. The fraction of sp³-hybridized carbons (Fsp3) is 0.357. The van der Waals surface area contributed by atoms with Gasteiger partial charge in [-0.25, -0.2) is 0 Å². The largest absolute Gasteiger partial charge is 0.316 e. The predicted molar refractivity (Wildman–Crippen MR) is 75.0 cm³/mol. The smallest absolute Gasteiger partial charge is 0.0662 e. The highest BCUT2D eigenvalue weighted by atomic mass is 35.5. The zero-order valence-corrected chi connectivity index (χ0v) is 11.8. The molecule has 0 aliphatic rings. The third-order valence-electron chi connectivity index (χ3n) is 3.13. The molecular formula is C14H18ClN3. The zero-order chi connectivity index (χ0) is 13.1. The highest BCUT2D eigenvalue weighted by Gasteiger charge is 2.10. The van der Waals surface area contributed by atoms with E-state index in [0.717, 1.165) is 23.8 Å². The van der Waals surface area contributed by atoms with Crippen molar-refractivity contribution in [3.05, 3.63) is 51.8 Å². The monoisotopic (exact) mass is 263 g/mol. The maximum absolute atomic E-state index is 5.89. The fourth-order valence-corrected chi connectivity index (χ4v) is 2.21. The Morgan fingerprint density at radius 1 is 1.22 bits per heavy atom. The number of nitrogens with one attached hydrogen (secondary N) is 1. The van der Waals surface area contributed by atoms with Crippen molar-refractivity contribution in [1.29, 1.82) is 0 Å². The van der Waals surface area contributed by atoms with Crippen molar-refractivity contribution in [3.63, 3.8) is 0 Å². The van der Waals surface area contributed by atoms with Crippen LogP contribution in [0.15, 0.2) is 24.3 Å². The van der Waals surface area contributed by atoms with E-state index in [-0.39, 0.29) is 0 Å². The first-order chi connectivity index (χ1) is 8.61. The SMILES string of the molecule is CNCc1c(C)nn(Cc2ccc(Cl)cc2)c1C. The summed E-state index contributed by atoms with van der Waals surface area (Å²) >= 11 is 5.89. The molecule has 1 heterocycles. The molecule has 1 aromatic carbocycles. The number of benzene rings is 1. The molecule has 0 saturated heterocycles. The Labute approximate surface area is 113 Å². The van der Waals surface area contributed by atoms with Crippen LogP contribution in [0, 0.1) is 13.8 Å². The standard InChI is InChI=1S/C14H18ClN3/c1-10-14(8-16-3)11(2)18(17-10)9-12-4-6-13(15)7-5-12/h4-7,16H,8-9H2,1-3H3. The minimum Gasteiger partial charge on any atom is -0.316 e. The molecule has 1 aromatic heterocycles. The third-order valence-corrected chi connectivity index (χ3v) is 3.38. The van der Waals surface area contributed by atoms with Crippen LogP contribution < -0.4 is 5.32 Å². The average Bonchev–Trinajstić information content (AvgIpc) is 2.60. The average molecular weight is 264 g/mol. The Morgan fingerprint density at radius 2 is 1.89 bits per heavy atom. The Bertz CT molecular complexity index is 529. The minimum absolute atomic E-state index is 0.767. The van der Waals surface area contributed by atoms with Crippen molar-refractivity contribution >= 4 is 11.6 Å². The molecule has 0 fully saturated rings. The number of hydrogen-bond donors (Lipinski definition) is 1. The number of halogens is 1. The lowest BCUT2D eigenvalue weighted by atomic mass is 10.2. The van der Waals surface area contributed by atoms with E-state index < -0.39 is 0 Å². The van der Waals surface area contributed by atoms with E-state index in [1.54, 1.807) is 0 Å². The van der Waals surface area contributed by atoms with Gasteiger partial charge in [-0.2, -0.15) is 5.10 Å². The van der Waals surface area contributed by atoms with E-state index in [2.05, 4.69) is 24.3 Å². The highest BCUT2D eigenvalue weighted by Crippen LogP contribution is 2.15. The summed E-state index contributed by atoms with van der Waals surface area (Å²) < 4.78 is 2.05. The van der Waals surface area contributed by atoms with Crippen molar-refractivity contribution in [2.75, 3.05) is 7.05 Å². The van der Waals surface area contributed by atoms with Gasteiger partial charge in [0.2, 0.25) is 0 Å². The summed E-state index contributed by atoms with van der Waals surface area (Å²) in [6.45, 7) is 5.81. The maximum atomic E-state index is 5.89. The van der Waals surface area contributed by atoms with Gasteiger partial charge in [-0.15, -0.1) is 0 Å². The lowest BCUT2D eigenvalue weighted by Crippen LogP contribution is -2.08. The molecule has 4 heteroatoms. The molecule has 0 aliphatic heterocycles. The molecule has 0 atom stereocenters. The summed E-state index contributed by atoms with van der Waals surface area (Å²) in [6, 6.07) is 7.90. The Balaban J connectivity index is 2.24. The van der Waals surface area contributed by atoms with Gasteiger partial charge in [0.25, 0.3) is 0 Å². The molecule has 0 unspecified atom stereocenters. The molecule has 18 heavy (non-hydrogen) atoms. The number of rotatable bonds is 4. The van der Waals surface area contributed by atoms with Gasteiger partial charge < -0.3 is 5.32 Å². The molecule has 2 rings (SSSR count). The molecule has 0 amide bonds. The van der Waals surface area contributed by atoms with Crippen molar-refractivity contribution in [2.45, 2.75) is 26.9 Å². The van der Waals surface area contributed by atoms with Crippen LogP contribution in [0.4, 0.5) is 0 Å². The number of aromatic nitrogens is 2. The quantitative estimate of drug-likeness (QED) is 0.919. The van der Waals surface area contributed by atoms with E-state index in [9.17, 15) is 0 Å². The summed E-state index contributed by atoms with van der Waals surface area (Å²) in [7, 11) is 1.95. The van der Waals surface area contributed by atoms with Crippen LogP contribution in [0.3, 0.4) is 0 Å². The summed E-state index contributed by atoms with van der Waals surface area (Å²) in [5.74, 6) is 0. The first-order valence-corrected chi connectivity index (χ1v) is 6.41.